The van der Waals surface area contributed by atoms with E-state index in [0.29, 0.717) is 24.0 Å². The van der Waals surface area contributed by atoms with Crippen LogP contribution in [0.3, 0.4) is 0 Å². The normalized spacial score (nSPS) is 11.4. The van der Waals surface area contributed by atoms with Crippen molar-refractivity contribution >= 4 is 24.2 Å². The summed E-state index contributed by atoms with van der Waals surface area (Å²) >= 11 is 0. The minimum absolute atomic E-state index is 0.390. The van der Waals surface area contributed by atoms with Crippen LogP contribution in [-0.4, -0.2) is 17.6 Å². The SMILES string of the molecule is CCOc1cc(/C=C/c2ccccn2)ccc1OC(=O)/C=C/c1ccc(C(C)C)cc1. The molecular formula is C27H27NO3. The first-order valence-corrected chi connectivity index (χ1v) is 10.4. The molecule has 4 nitrogen and oxygen atoms in total. The lowest BCUT2D eigenvalue weighted by atomic mass is 10.0. The standard InChI is InChI=1S/C27H27NO3/c1-4-30-26-19-22(10-15-24-7-5-6-18-28-24)11-16-25(26)31-27(29)17-12-21-8-13-23(14-9-21)20(2)3/h5-20H,4H2,1-3H3/b15-10+,17-12+. The highest BCUT2D eigenvalue weighted by Crippen LogP contribution is 2.29. The highest BCUT2D eigenvalue weighted by molar-refractivity contribution is 5.89. The molecular weight excluding hydrogens is 386 g/mol. The van der Waals surface area contributed by atoms with Gasteiger partial charge in [0.25, 0.3) is 0 Å². The van der Waals surface area contributed by atoms with E-state index < -0.39 is 5.97 Å². The zero-order valence-electron chi connectivity index (χ0n) is 18.1. The van der Waals surface area contributed by atoms with Crippen molar-refractivity contribution in [2.75, 3.05) is 6.61 Å². The summed E-state index contributed by atoms with van der Waals surface area (Å²) in [5.74, 6) is 0.933. The minimum Gasteiger partial charge on any atom is -0.490 e. The number of carbonyl (C=O) groups is 1. The number of ether oxygens (including phenoxy) is 2. The number of hydrogen-bond donors (Lipinski definition) is 0. The molecule has 0 aliphatic rings. The van der Waals surface area contributed by atoms with Crippen molar-refractivity contribution in [3.8, 4) is 11.5 Å². The highest BCUT2D eigenvalue weighted by Gasteiger charge is 2.09. The van der Waals surface area contributed by atoms with Crippen LogP contribution in [-0.2, 0) is 4.79 Å². The fourth-order valence-electron chi connectivity index (χ4n) is 2.94. The fourth-order valence-corrected chi connectivity index (χ4v) is 2.94. The van der Waals surface area contributed by atoms with Crippen molar-refractivity contribution < 1.29 is 14.3 Å². The molecule has 1 aromatic heterocycles. The van der Waals surface area contributed by atoms with Crippen LogP contribution in [0, 0.1) is 0 Å². The van der Waals surface area contributed by atoms with Gasteiger partial charge in [0.05, 0.1) is 12.3 Å². The topological polar surface area (TPSA) is 48.4 Å². The zero-order chi connectivity index (χ0) is 22.1. The van der Waals surface area contributed by atoms with Crippen LogP contribution in [0.1, 0.15) is 49.1 Å². The molecule has 0 radical (unpaired) electrons. The molecule has 31 heavy (non-hydrogen) atoms. The number of nitrogens with zero attached hydrogens (tertiary/aromatic N) is 1. The van der Waals surface area contributed by atoms with E-state index in [-0.39, 0.29) is 0 Å². The van der Waals surface area contributed by atoms with Crippen molar-refractivity contribution in [1.82, 2.24) is 4.98 Å². The quantitative estimate of drug-likeness (QED) is 0.244. The Kier molecular flexibility index (Phi) is 7.77. The van der Waals surface area contributed by atoms with Crippen LogP contribution >= 0.6 is 0 Å². The van der Waals surface area contributed by atoms with Crippen LogP contribution in [0.4, 0.5) is 0 Å². The average molecular weight is 414 g/mol. The van der Waals surface area contributed by atoms with Gasteiger partial charge in [-0.2, -0.15) is 0 Å². The first kappa shape index (κ1) is 22.0. The molecule has 0 aliphatic heterocycles. The van der Waals surface area contributed by atoms with Gasteiger partial charge in [-0.3, -0.25) is 4.98 Å². The summed E-state index contributed by atoms with van der Waals surface area (Å²) in [4.78, 5) is 16.6. The molecule has 4 heteroatoms. The van der Waals surface area contributed by atoms with E-state index in [1.807, 2.05) is 61.5 Å². The third-order valence-corrected chi connectivity index (χ3v) is 4.63. The Morgan fingerprint density at radius 1 is 0.935 bits per heavy atom. The molecule has 1 heterocycles. The van der Waals surface area contributed by atoms with Gasteiger partial charge in [-0.1, -0.05) is 56.3 Å². The molecule has 3 aromatic rings. The second-order valence-electron chi connectivity index (χ2n) is 7.30. The van der Waals surface area contributed by atoms with Crippen molar-refractivity contribution in [2.24, 2.45) is 0 Å². The average Bonchev–Trinajstić information content (AvgIpc) is 2.79. The number of esters is 1. The Balaban J connectivity index is 1.69. The largest absolute Gasteiger partial charge is 0.490 e. The van der Waals surface area contributed by atoms with Crippen LogP contribution in [0.2, 0.25) is 0 Å². The van der Waals surface area contributed by atoms with E-state index in [9.17, 15) is 4.79 Å². The van der Waals surface area contributed by atoms with E-state index in [1.165, 1.54) is 11.6 Å². The summed E-state index contributed by atoms with van der Waals surface area (Å²) < 4.78 is 11.2. The number of pyridine rings is 1. The maximum atomic E-state index is 12.3. The van der Waals surface area contributed by atoms with Crippen LogP contribution in [0.5, 0.6) is 11.5 Å². The first-order valence-electron chi connectivity index (χ1n) is 10.4. The molecule has 0 fully saturated rings. The monoisotopic (exact) mass is 413 g/mol. The second kappa shape index (κ2) is 10.9. The van der Waals surface area contributed by atoms with Crippen LogP contribution < -0.4 is 9.47 Å². The van der Waals surface area contributed by atoms with E-state index in [0.717, 1.165) is 16.8 Å². The molecule has 0 amide bonds. The van der Waals surface area contributed by atoms with Crippen LogP contribution in [0.15, 0.2) is 72.9 Å². The van der Waals surface area contributed by atoms with Crippen molar-refractivity contribution in [3.63, 3.8) is 0 Å². The Morgan fingerprint density at radius 3 is 2.39 bits per heavy atom. The van der Waals surface area contributed by atoms with E-state index >= 15 is 0 Å². The second-order valence-corrected chi connectivity index (χ2v) is 7.30. The molecule has 0 atom stereocenters. The molecule has 3 rings (SSSR count). The Hall–Kier alpha value is -3.66. The Bertz CT molecular complexity index is 1050. The first-order chi connectivity index (χ1) is 15.0. The molecule has 0 saturated heterocycles. The van der Waals surface area contributed by atoms with Crippen molar-refractivity contribution in [2.45, 2.75) is 26.7 Å². The van der Waals surface area contributed by atoms with E-state index in [2.05, 4.69) is 31.0 Å². The summed E-state index contributed by atoms with van der Waals surface area (Å²) in [6.07, 6.45) is 8.78. The molecule has 0 saturated carbocycles. The summed E-state index contributed by atoms with van der Waals surface area (Å²) in [7, 11) is 0. The van der Waals surface area contributed by atoms with Gasteiger partial charge < -0.3 is 9.47 Å². The predicted octanol–water partition coefficient (Wildman–Crippen LogP) is 6.39. The lowest BCUT2D eigenvalue weighted by Gasteiger charge is -2.10. The number of rotatable bonds is 8. The van der Waals surface area contributed by atoms with E-state index in [4.69, 9.17) is 9.47 Å². The number of carbonyl (C=O) groups excluding carboxylic acids is 1. The van der Waals surface area contributed by atoms with Crippen molar-refractivity contribution in [1.29, 1.82) is 0 Å². The van der Waals surface area contributed by atoms with Gasteiger partial charge in [-0.05, 0) is 65.9 Å². The fraction of sp³-hybridized carbons (Fsp3) is 0.185. The van der Waals surface area contributed by atoms with Gasteiger partial charge in [0.1, 0.15) is 0 Å². The van der Waals surface area contributed by atoms with Crippen molar-refractivity contribution in [3.05, 3.63) is 95.3 Å². The Labute approximate surface area is 183 Å². The third kappa shape index (κ3) is 6.68. The van der Waals surface area contributed by atoms with Gasteiger partial charge >= 0.3 is 5.97 Å². The molecule has 2 aromatic carbocycles. The van der Waals surface area contributed by atoms with Gasteiger partial charge in [0.15, 0.2) is 11.5 Å². The van der Waals surface area contributed by atoms with Gasteiger partial charge in [0, 0.05) is 12.3 Å². The van der Waals surface area contributed by atoms with E-state index in [1.54, 1.807) is 18.3 Å². The highest BCUT2D eigenvalue weighted by atomic mass is 16.6. The number of aromatic nitrogens is 1. The summed E-state index contributed by atoms with van der Waals surface area (Å²) in [6.45, 7) is 6.66. The number of benzene rings is 2. The molecule has 0 N–H and O–H groups in total. The molecule has 0 unspecified atom stereocenters. The summed E-state index contributed by atoms with van der Waals surface area (Å²) in [5.41, 5.74) is 4.00. The van der Waals surface area contributed by atoms with Gasteiger partial charge in [-0.15, -0.1) is 0 Å². The van der Waals surface area contributed by atoms with Gasteiger partial charge in [-0.25, -0.2) is 4.79 Å². The molecule has 0 spiro atoms. The lowest BCUT2D eigenvalue weighted by molar-refractivity contribution is -0.129. The maximum absolute atomic E-state index is 12.3. The lowest BCUT2D eigenvalue weighted by Crippen LogP contribution is -2.06. The van der Waals surface area contributed by atoms with Crippen LogP contribution in [0.25, 0.3) is 18.2 Å². The molecule has 0 aliphatic carbocycles. The molecule has 0 bridgehead atoms. The zero-order valence-corrected chi connectivity index (χ0v) is 18.1. The van der Waals surface area contributed by atoms with Gasteiger partial charge in [0.2, 0.25) is 0 Å². The predicted molar refractivity (Wildman–Crippen MR) is 126 cm³/mol. The smallest absolute Gasteiger partial charge is 0.336 e. The number of hydrogen-bond acceptors (Lipinski definition) is 4. The molecule has 158 valence electrons. The third-order valence-electron chi connectivity index (χ3n) is 4.63. The maximum Gasteiger partial charge on any atom is 0.336 e. The Morgan fingerprint density at radius 2 is 1.71 bits per heavy atom. The minimum atomic E-state index is -0.453. The summed E-state index contributed by atoms with van der Waals surface area (Å²) in [6, 6.07) is 19.3. The summed E-state index contributed by atoms with van der Waals surface area (Å²) in [5, 5.41) is 0.